The Hall–Kier alpha value is -1.81. The maximum atomic E-state index is 5.53. The number of para-hydroxylation sites is 2. The van der Waals surface area contributed by atoms with Gasteiger partial charge in [0, 0.05) is 22.7 Å². The highest BCUT2D eigenvalue weighted by atomic mass is 32.2. The second kappa shape index (κ2) is 6.09. The first kappa shape index (κ1) is 13.2. The zero-order valence-corrected chi connectivity index (χ0v) is 12.2. The Morgan fingerprint density at radius 1 is 1.10 bits per heavy atom. The highest BCUT2D eigenvalue weighted by Crippen LogP contribution is 2.36. The molecule has 1 N–H and O–H groups in total. The molecule has 0 aliphatic carbocycles. The first-order valence-corrected chi connectivity index (χ1v) is 7.70. The Kier molecular flexibility index (Phi) is 4.02. The van der Waals surface area contributed by atoms with Crippen molar-refractivity contribution in [1.82, 2.24) is 0 Å². The SMILES string of the molecule is CCSc1ccccc1NCc1cccc2c1OCO2. The number of fused-ring (bicyclic) bond motifs is 1. The van der Waals surface area contributed by atoms with Crippen molar-refractivity contribution in [2.24, 2.45) is 0 Å². The summed E-state index contributed by atoms with van der Waals surface area (Å²) in [5.74, 6) is 2.76. The Labute approximate surface area is 123 Å². The number of hydrogen-bond donors (Lipinski definition) is 1. The molecule has 3 rings (SSSR count). The summed E-state index contributed by atoms with van der Waals surface area (Å²) in [6.07, 6.45) is 0. The van der Waals surface area contributed by atoms with Gasteiger partial charge in [0.05, 0.1) is 0 Å². The minimum atomic E-state index is 0.314. The molecule has 0 saturated heterocycles. The monoisotopic (exact) mass is 287 g/mol. The van der Waals surface area contributed by atoms with Crippen molar-refractivity contribution < 1.29 is 9.47 Å². The molecule has 0 bridgehead atoms. The van der Waals surface area contributed by atoms with Crippen LogP contribution in [0.25, 0.3) is 0 Å². The molecule has 0 saturated carbocycles. The Morgan fingerprint density at radius 3 is 2.90 bits per heavy atom. The summed E-state index contributed by atoms with van der Waals surface area (Å²) in [6, 6.07) is 14.4. The summed E-state index contributed by atoms with van der Waals surface area (Å²) in [5.41, 5.74) is 2.28. The highest BCUT2D eigenvalue weighted by Gasteiger charge is 2.16. The average Bonchev–Trinajstić information content (AvgIpc) is 2.96. The molecular formula is C16H17NO2S. The number of benzene rings is 2. The number of ether oxygens (including phenoxy) is 2. The molecule has 0 radical (unpaired) electrons. The lowest BCUT2D eigenvalue weighted by molar-refractivity contribution is 0.173. The van der Waals surface area contributed by atoms with Crippen LogP contribution in [0.1, 0.15) is 12.5 Å². The van der Waals surface area contributed by atoms with E-state index in [9.17, 15) is 0 Å². The van der Waals surface area contributed by atoms with E-state index in [-0.39, 0.29) is 0 Å². The first-order chi connectivity index (χ1) is 9.88. The quantitative estimate of drug-likeness (QED) is 0.837. The van der Waals surface area contributed by atoms with Gasteiger partial charge >= 0.3 is 0 Å². The van der Waals surface area contributed by atoms with Gasteiger partial charge in [0.2, 0.25) is 6.79 Å². The van der Waals surface area contributed by atoms with Gasteiger partial charge in [-0.25, -0.2) is 0 Å². The van der Waals surface area contributed by atoms with Gasteiger partial charge < -0.3 is 14.8 Å². The molecule has 4 heteroatoms. The van der Waals surface area contributed by atoms with Crippen molar-refractivity contribution in [3.05, 3.63) is 48.0 Å². The van der Waals surface area contributed by atoms with Crippen LogP contribution in [0.3, 0.4) is 0 Å². The van der Waals surface area contributed by atoms with Crippen LogP contribution >= 0.6 is 11.8 Å². The van der Waals surface area contributed by atoms with Gasteiger partial charge in [-0.05, 0) is 24.0 Å². The summed E-state index contributed by atoms with van der Waals surface area (Å²) in [6.45, 7) is 3.21. The normalized spacial score (nSPS) is 12.4. The van der Waals surface area contributed by atoms with E-state index in [1.54, 1.807) is 0 Å². The van der Waals surface area contributed by atoms with Crippen LogP contribution in [0, 0.1) is 0 Å². The molecule has 2 aromatic rings. The Balaban J connectivity index is 1.76. The molecule has 0 spiro atoms. The predicted molar refractivity (Wildman–Crippen MR) is 82.7 cm³/mol. The lowest BCUT2D eigenvalue weighted by atomic mass is 10.2. The topological polar surface area (TPSA) is 30.5 Å². The van der Waals surface area contributed by atoms with Crippen LogP contribution in [0.15, 0.2) is 47.4 Å². The molecule has 1 heterocycles. The fourth-order valence-electron chi connectivity index (χ4n) is 2.21. The maximum absolute atomic E-state index is 5.53. The molecule has 1 aliphatic heterocycles. The predicted octanol–water partition coefficient (Wildman–Crippen LogP) is 4.14. The standard InChI is InChI=1S/C16H17NO2S/c1-2-20-15-9-4-3-7-13(15)17-10-12-6-5-8-14-16(12)19-11-18-14/h3-9,17H,2,10-11H2,1H3. The lowest BCUT2D eigenvalue weighted by Crippen LogP contribution is -2.02. The fourth-order valence-corrected chi connectivity index (χ4v) is 3.00. The largest absolute Gasteiger partial charge is 0.454 e. The number of nitrogens with one attached hydrogen (secondary N) is 1. The molecule has 104 valence electrons. The lowest BCUT2D eigenvalue weighted by Gasteiger charge is -2.12. The van der Waals surface area contributed by atoms with Crippen molar-refractivity contribution in [1.29, 1.82) is 0 Å². The van der Waals surface area contributed by atoms with Crippen LogP contribution in [-0.4, -0.2) is 12.5 Å². The summed E-state index contributed by atoms with van der Waals surface area (Å²) in [5, 5.41) is 3.49. The second-order valence-corrected chi connectivity index (χ2v) is 5.74. The summed E-state index contributed by atoms with van der Waals surface area (Å²) in [4.78, 5) is 1.28. The molecule has 2 aromatic carbocycles. The van der Waals surface area contributed by atoms with Crippen LogP contribution < -0.4 is 14.8 Å². The number of anilines is 1. The van der Waals surface area contributed by atoms with Gasteiger partial charge in [-0.1, -0.05) is 31.2 Å². The first-order valence-electron chi connectivity index (χ1n) is 6.71. The third-order valence-electron chi connectivity index (χ3n) is 3.13. The van der Waals surface area contributed by atoms with E-state index >= 15 is 0 Å². The number of rotatable bonds is 5. The highest BCUT2D eigenvalue weighted by molar-refractivity contribution is 7.99. The maximum Gasteiger partial charge on any atom is 0.231 e. The fraction of sp³-hybridized carbons (Fsp3) is 0.250. The van der Waals surface area contributed by atoms with Gasteiger partial charge in [-0.2, -0.15) is 0 Å². The third-order valence-corrected chi connectivity index (χ3v) is 4.09. The van der Waals surface area contributed by atoms with Crippen molar-refractivity contribution in [3.63, 3.8) is 0 Å². The Bertz CT molecular complexity index is 601. The van der Waals surface area contributed by atoms with E-state index in [1.165, 1.54) is 4.90 Å². The average molecular weight is 287 g/mol. The van der Waals surface area contributed by atoms with Gasteiger partial charge in [0.25, 0.3) is 0 Å². The minimum Gasteiger partial charge on any atom is -0.454 e. The van der Waals surface area contributed by atoms with Crippen molar-refractivity contribution in [3.8, 4) is 11.5 Å². The van der Waals surface area contributed by atoms with Gasteiger partial charge in [-0.3, -0.25) is 0 Å². The van der Waals surface area contributed by atoms with E-state index < -0.39 is 0 Å². The van der Waals surface area contributed by atoms with Crippen molar-refractivity contribution in [2.75, 3.05) is 17.9 Å². The van der Waals surface area contributed by atoms with E-state index in [0.29, 0.717) is 6.79 Å². The van der Waals surface area contributed by atoms with Crippen LogP contribution in [0.4, 0.5) is 5.69 Å². The smallest absolute Gasteiger partial charge is 0.231 e. The van der Waals surface area contributed by atoms with E-state index in [2.05, 4.69) is 42.6 Å². The summed E-state index contributed by atoms with van der Waals surface area (Å²) >= 11 is 1.84. The van der Waals surface area contributed by atoms with Crippen LogP contribution in [-0.2, 0) is 6.54 Å². The van der Waals surface area contributed by atoms with Gasteiger partial charge in [-0.15, -0.1) is 11.8 Å². The number of thioether (sulfide) groups is 1. The molecule has 3 nitrogen and oxygen atoms in total. The molecule has 1 aliphatic rings. The molecule has 20 heavy (non-hydrogen) atoms. The van der Waals surface area contributed by atoms with E-state index in [4.69, 9.17) is 9.47 Å². The van der Waals surface area contributed by atoms with Crippen LogP contribution in [0.2, 0.25) is 0 Å². The zero-order chi connectivity index (χ0) is 13.8. The number of hydrogen-bond acceptors (Lipinski definition) is 4. The van der Waals surface area contributed by atoms with Crippen LogP contribution in [0.5, 0.6) is 11.5 Å². The Morgan fingerprint density at radius 2 is 2.00 bits per heavy atom. The molecule has 0 aromatic heterocycles. The second-order valence-electron chi connectivity index (χ2n) is 4.43. The van der Waals surface area contributed by atoms with E-state index in [1.807, 2.05) is 23.9 Å². The third kappa shape index (κ3) is 2.70. The van der Waals surface area contributed by atoms with E-state index in [0.717, 1.165) is 35.0 Å². The summed E-state index contributed by atoms with van der Waals surface area (Å²) < 4.78 is 10.9. The van der Waals surface area contributed by atoms with Gasteiger partial charge in [0.1, 0.15) is 0 Å². The zero-order valence-electron chi connectivity index (χ0n) is 11.4. The molecule has 0 unspecified atom stereocenters. The van der Waals surface area contributed by atoms with Crippen molar-refractivity contribution in [2.45, 2.75) is 18.4 Å². The molecule has 0 fully saturated rings. The summed E-state index contributed by atoms with van der Waals surface area (Å²) in [7, 11) is 0. The van der Waals surface area contributed by atoms with Gasteiger partial charge in [0.15, 0.2) is 11.5 Å². The molecular weight excluding hydrogens is 270 g/mol. The minimum absolute atomic E-state index is 0.314. The molecule has 0 amide bonds. The molecule has 0 atom stereocenters. The van der Waals surface area contributed by atoms with Crippen molar-refractivity contribution >= 4 is 17.4 Å².